The van der Waals surface area contributed by atoms with Crippen molar-refractivity contribution in [3.8, 4) is 0 Å². The van der Waals surface area contributed by atoms with E-state index in [4.69, 9.17) is 5.73 Å². The van der Waals surface area contributed by atoms with E-state index in [1.54, 1.807) is 11.1 Å². The predicted octanol–water partition coefficient (Wildman–Crippen LogP) is 3.44. The fourth-order valence-electron chi connectivity index (χ4n) is 3.91. The third kappa shape index (κ3) is 3.07. The van der Waals surface area contributed by atoms with Crippen LogP contribution in [0.5, 0.6) is 0 Å². The Morgan fingerprint density at radius 1 is 0.950 bits per heavy atom. The van der Waals surface area contributed by atoms with Gasteiger partial charge in [-0.3, -0.25) is 4.90 Å². The molecule has 2 heteroatoms. The first kappa shape index (κ1) is 14.1. The molecule has 1 aromatic rings. The number of rotatable bonds is 4. The number of hydrogen-bond donors (Lipinski definition) is 1. The molecule has 0 amide bonds. The molecule has 0 radical (unpaired) electrons. The number of likely N-dealkylation sites (tertiary alicyclic amines) is 1. The standard InChI is InChI=1S/C18H28N2/c19-11-10-18(20-12-4-1-5-13-20)17-9-8-15-6-2-3-7-16(15)14-17/h8-9,14,18H,1-7,10-13,19H2. The highest BCUT2D eigenvalue weighted by Gasteiger charge is 2.22. The lowest BCUT2D eigenvalue weighted by Gasteiger charge is -2.35. The second-order valence-corrected chi connectivity index (χ2v) is 6.43. The van der Waals surface area contributed by atoms with E-state index in [-0.39, 0.29) is 0 Å². The van der Waals surface area contributed by atoms with Crippen LogP contribution >= 0.6 is 0 Å². The van der Waals surface area contributed by atoms with E-state index in [0.717, 1.165) is 13.0 Å². The van der Waals surface area contributed by atoms with Crippen LogP contribution in [-0.4, -0.2) is 24.5 Å². The molecular weight excluding hydrogens is 244 g/mol. The molecule has 1 fully saturated rings. The molecule has 2 N–H and O–H groups in total. The van der Waals surface area contributed by atoms with Crippen molar-refractivity contribution >= 4 is 0 Å². The second-order valence-electron chi connectivity index (χ2n) is 6.43. The molecule has 1 atom stereocenters. The van der Waals surface area contributed by atoms with E-state index < -0.39 is 0 Å². The van der Waals surface area contributed by atoms with E-state index in [1.807, 2.05) is 0 Å². The van der Waals surface area contributed by atoms with Gasteiger partial charge in [0.05, 0.1) is 0 Å². The van der Waals surface area contributed by atoms with Crippen molar-refractivity contribution in [1.29, 1.82) is 0 Å². The molecule has 2 aliphatic rings. The van der Waals surface area contributed by atoms with Gasteiger partial charge in [-0.15, -0.1) is 0 Å². The van der Waals surface area contributed by atoms with Gasteiger partial charge in [-0.25, -0.2) is 0 Å². The van der Waals surface area contributed by atoms with Crippen molar-refractivity contribution in [2.75, 3.05) is 19.6 Å². The molecular formula is C18H28N2. The van der Waals surface area contributed by atoms with Gasteiger partial charge in [0, 0.05) is 6.04 Å². The fraction of sp³-hybridized carbons (Fsp3) is 0.667. The summed E-state index contributed by atoms with van der Waals surface area (Å²) in [5.74, 6) is 0. The zero-order valence-corrected chi connectivity index (χ0v) is 12.6. The molecule has 110 valence electrons. The molecule has 20 heavy (non-hydrogen) atoms. The zero-order valence-electron chi connectivity index (χ0n) is 12.6. The van der Waals surface area contributed by atoms with Gasteiger partial charge in [0.2, 0.25) is 0 Å². The highest BCUT2D eigenvalue weighted by atomic mass is 15.2. The summed E-state index contributed by atoms with van der Waals surface area (Å²) >= 11 is 0. The Kier molecular flexibility index (Phi) is 4.74. The molecule has 3 rings (SSSR count). The van der Waals surface area contributed by atoms with Gasteiger partial charge in [-0.05, 0) is 81.3 Å². The van der Waals surface area contributed by atoms with Gasteiger partial charge >= 0.3 is 0 Å². The van der Waals surface area contributed by atoms with E-state index in [2.05, 4.69) is 23.1 Å². The first-order valence-corrected chi connectivity index (χ1v) is 8.44. The lowest BCUT2D eigenvalue weighted by Crippen LogP contribution is -2.35. The maximum Gasteiger partial charge on any atom is 0.0360 e. The average molecular weight is 272 g/mol. The summed E-state index contributed by atoms with van der Waals surface area (Å²) in [4.78, 5) is 2.67. The smallest absolute Gasteiger partial charge is 0.0360 e. The van der Waals surface area contributed by atoms with Crippen molar-refractivity contribution < 1.29 is 0 Å². The Bertz CT molecular complexity index is 435. The quantitative estimate of drug-likeness (QED) is 0.909. The van der Waals surface area contributed by atoms with Crippen LogP contribution in [0.1, 0.15) is 61.3 Å². The van der Waals surface area contributed by atoms with Gasteiger partial charge in [-0.2, -0.15) is 0 Å². The van der Waals surface area contributed by atoms with Gasteiger partial charge in [0.25, 0.3) is 0 Å². The minimum atomic E-state index is 0.549. The number of piperidine rings is 1. The molecule has 0 spiro atoms. The van der Waals surface area contributed by atoms with Gasteiger partial charge < -0.3 is 5.73 Å². The van der Waals surface area contributed by atoms with Crippen LogP contribution < -0.4 is 5.73 Å². The molecule has 0 bridgehead atoms. The highest BCUT2D eigenvalue weighted by molar-refractivity contribution is 5.35. The summed E-state index contributed by atoms with van der Waals surface area (Å²) < 4.78 is 0. The Labute approximate surface area is 123 Å². The van der Waals surface area contributed by atoms with Crippen LogP contribution in [-0.2, 0) is 12.8 Å². The average Bonchev–Trinajstić information content (AvgIpc) is 2.53. The Morgan fingerprint density at radius 3 is 2.45 bits per heavy atom. The monoisotopic (exact) mass is 272 g/mol. The van der Waals surface area contributed by atoms with Crippen LogP contribution in [0, 0.1) is 0 Å². The van der Waals surface area contributed by atoms with Crippen molar-refractivity contribution in [3.05, 3.63) is 34.9 Å². The number of aryl methyl sites for hydroxylation is 2. The molecule has 1 saturated heterocycles. The summed E-state index contributed by atoms with van der Waals surface area (Å²) in [6.45, 7) is 3.29. The Balaban J connectivity index is 1.82. The number of fused-ring (bicyclic) bond motifs is 1. The summed E-state index contributed by atoms with van der Waals surface area (Å²) in [7, 11) is 0. The molecule has 0 aromatic heterocycles. The van der Waals surface area contributed by atoms with E-state index >= 15 is 0 Å². The zero-order chi connectivity index (χ0) is 13.8. The Morgan fingerprint density at radius 2 is 1.70 bits per heavy atom. The molecule has 1 aliphatic heterocycles. The first-order chi connectivity index (χ1) is 9.88. The summed E-state index contributed by atoms with van der Waals surface area (Å²) in [6, 6.07) is 7.80. The Hall–Kier alpha value is -0.860. The van der Waals surface area contributed by atoms with Crippen LogP contribution in [0.4, 0.5) is 0 Å². The molecule has 1 aromatic carbocycles. The molecule has 1 aliphatic carbocycles. The van der Waals surface area contributed by atoms with Crippen molar-refractivity contribution in [2.45, 2.75) is 57.4 Å². The van der Waals surface area contributed by atoms with E-state index in [0.29, 0.717) is 6.04 Å². The fourth-order valence-corrected chi connectivity index (χ4v) is 3.91. The molecule has 1 unspecified atom stereocenters. The minimum absolute atomic E-state index is 0.549. The lowest BCUT2D eigenvalue weighted by atomic mass is 9.88. The number of nitrogens with two attached hydrogens (primary N) is 1. The van der Waals surface area contributed by atoms with Crippen molar-refractivity contribution in [2.24, 2.45) is 5.73 Å². The lowest BCUT2D eigenvalue weighted by molar-refractivity contribution is 0.157. The second kappa shape index (κ2) is 6.73. The first-order valence-electron chi connectivity index (χ1n) is 8.44. The van der Waals surface area contributed by atoms with Crippen molar-refractivity contribution in [3.63, 3.8) is 0 Å². The topological polar surface area (TPSA) is 29.3 Å². The maximum absolute atomic E-state index is 5.88. The van der Waals surface area contributed by atoms with Crippen LogP contribution in [0.3, 0.4) is 0 Å². The maximum atomic E-state index is 5.88. The van der Waals surface area contributed by atoms with Crippen LogP contribution in [0.2, 0.25) is 0 Å². The van der Waals surface area contributed by atoms with Gasteiger partial charge in [0.15, 0.2) is 0 Å². The minimum Gasteiger partial charge on any atom is -0.330 e. The number of hydrogen-bond acceptors (Lipinski definition) is 2. The van der Waals surface area contributed by atoms with Crippen LogP contribution in [0.25, 0.3) is 0 Å². The SMILES string of the molecule is NCCC(c1ccc2c(c1)CCCC2)N1CCCCC1. The molecule has 1 heterocycles. The summed E-state index contributed by atoms with van der Waals surface area (Å²) in [5.41, 5.74) is 10.6. The highest BCUT2D eigenvalue weighted by Crippen LogP contribution is 2.30. The number of benzene rings is 1. The third-order valence-corrected chi connectivity index (χ3v) is 5.03. The third-order valence-electron chi connectivity index (χ3n) is 5.03. The summed E-state index contributed by atoms with van der Waals surface area (Å²) in [6.07, 6.45) is 10.5. The molecule has 0 saturated carbocycles. The summed E-state index contributed by atoms with van der Waals surface area (Å²) in [5, 5.41) is 0. The van der Waals surface area contributed by atoms with Gasteiger partial charge in [0.1, 0.15) is 0 Å². The van der Waals surface area contributed by atoms with Crippen molar-refractivity contribution in [1.82, 2.24) is 4.90 Å². The number of nitrogens with zero attached hydrogens (tertiary/aromatic N) is 1. The van der Waals surface area contributed by atoms with Gasteiger partial charge in [-0.1, -0.05) is 24.6 Å². The van der Waals surface area contributed by atoms with E-state index in [9.17, 15) is 0 Å². The van der Waals surface area contributed by atoms with Crippen LogP contribution in [0.15, 0.2) is 18.2 Å². The molecule has 2 nitrogen and oxygen atoms in total. The van der Waals surface area contributed by atoms with E-state index in [1.165, 1.54) is 63.6 Å². The normalized spacial score (nSPS) is 21.4. The largest absolute Gasteiger partial charge is 0.330 e. The predicted molar refractivity (Wildman–Crippen MR) is 84.9 cm³/mol.